The average molecular weight is 319 g/mol. The number of anilines is 1. The van der Waals surface area contributed by atoms with E-state index in [1.807, 2.05) is 17.7 Å². The molecule has 1 aromatic heterocycles. The molecule has 1 aliphatic heterocycles. The highest BCUT2D eigenvalue weighted by molar-refractivity contribution is 6.07. The molecule has 126 valence electrons. The van der Waals surface area contributed by atoms with E-state index < -0.39 is 11.5 Å². The molecular weight excluding hydrogens is 294 g/mol. The first kappa shape index (κ1) is 17.2. The predicted molar refractivity (Wildman–Crippen MR) is 88.1 cm³/mol. The molecule has 23 heavy (non-hydrogen) atoms. The van der Waals surface area contributed by atoms with E-state index in [0.29, 0.717) is 5.82 Å². The monoisotopic (exact) mass is 319 g/mol. The van der Waals surface area contributed by atoms with Gasteiger partial charge in [-0.1, -0.05) is 13.8 Å². The van der Waals surface area contributed by atoms with E-state index in [4.69, 9.17) is 4.74 Å². The number of ketones is 1. The van der Waals surface area contributed by atoms with Gasteiger partial charge in [0.15, 0.2) is 11.5 Å². The second-order valence-electron chi connectivity index (χ2n) is 6.55. The second kappa shape index (κ2) is 6.56. The standard InChI is InChI=1S/C17H25N3O3/c1-6-12(7-2)20-15(8-11(3)19-20)18-16(22)14-9-13(21)10-17(4,5)23-14/h8-9,12H,6-7,10H2,1-5H3,(H,18,22). The van der Waals surface area contributed by atoms with Crippen LogP contribution in [0, 0.1) is 6.92 Å². The molecule has 0 saturated carbocycles. The maximum absolute atomic E-state index is 12.5. The van der Waals surface area contributed by atoms with Crippen LogP contribution in [0.15, 0.2) is 17.9 Å². The van der Waals surface area contributed by atoms with Gasteiger partial charge in [-0.2, -0.15) is 5.10 Å². The van der Waals surface area contributed by atoms with Crippen molar-refractivity contribution < 1.29 is 14.3 Å². The van der Waals surface area contributed by atoms with Gasteiger partial charge in [0.1, 0.15) is 11.4 Å². The van der Waals surface area contributed by atoms with Gasteiger partial charge in [0.2, 0.25) is 0 Å². The largest absolute Gasteiger partial charge is 0.481 e. The van der Waals surface area contributed by atoms with Crippen LogP contribution in [0.5, 0.6) is 0 Å². The number of rotatable bonds is 5. The van der Waals surface area contributed by atoms with Crippen molar-refractivity contribution in [2.75, 3.05) is 5.32 Å². The van der Waals surface area contributed by atoms with Crippen molar-refractivity contribution in [1.29, 1.82) is 0 Å². The van der Waals surface area contributed by atoms with E-state index in [1.165, 1.54) is 6.08 Å². The Hall–Kier alpha value is -2.11. The molecule has 0 saturated heterocycles. The number of allylic oxidation sites excluding steroid dienone is 1. The molecule has 0 aliphatic carbocycles. The van der Waals surface area contributed by atoms with Crippen molar-refractivity contribution in [3.63, 3.8) is 0 Å². The Balaban J connectivity index is 2.22. The Labute approximate surface area is 136 Å². The summed E-state index contributed by atoms with van der Waals surface area (Å²) in [7, 11) is 0. The van der Waals surface area contributed by atoms with Crippen LogP contribution in [-0.2, 0) is 14.3 Å². The third-order valence-electron chi connectivity index (χ3n) is 3.89. The van der Waals surface area contributed by atoms with Crippen LogP contribution in [0.2, 0.25) is 0 Å². The van der Waals surface area contributed by atoms with Crippen LogP contribution >= 0.6 is 0 Å². The maximum Gasteiger partial charge on any atom is 0.292 e. The molecule has 1 aromatic rings. The molecule has 1 amide bonds. The summed E-state index contributed by atoms with van der Waals surface area (Å²) in [6.07, 6.45) is 3.39. The molecule has 6 nitrogen and oxygen atoms in total. The molecule has 0 bridgehead atoms. The van der Waals surface area contributed by atoms with Crippen molar-refractivity contribution in [3.05, 3.63) is 23.6 Å². The lowest BCUT2D eigenvalue weighted by atomic mass is 9.98. The van der Waals surface area contributed by atoms with Crippen LogP contribution in [0.1, 0.15) is 58.7 Å². The van der Waals surface area contributed by atoms with Gasteiger partial charge < -0.3 is 10.1 Å². The van der Waals surface area contributed by atoms with Crippen molar-refractivity contribution in [1.82, 2.24) is 9.78 Å². The highest BCUT2D eigenvalue weighted by Gasteiger charge is 2.32. The van der Waals surface area contributed by atoms with Crippen LogP contribution in [0.3, 0.4) is 0 Å². The quantitative estimate of drug-likeness (QED) is 0.905. The number of nitrogens with one attached hydrogen (secondary N) is 1. The lowest BCUT2D eigenvalue weighted by molar-refractivity contribution is -0.128. The highest BCUT2D eigenvalue weighted by atomic mass is 16.5. The Bertz CT molecular complexity index is 640. The van der Waals surface area contributed by atoms with E-state index >= 15 is 0 Å². The summed E-state index contributed by atoms with van der Waals surface area (Å²) in [6.45, 7) is 9.65. The molecule has 0 unspecified atom stereocenters. The van der Waals surface area contributed by atoms with Crippen LogP contribution in [-0.4, -0.2) is 27.1 Å². The van der Waals surface area contributed by atoms with Crippen LogP contribution in [0.25, 0.3) is 0 Å². The molecule has 1 aliphatic rings. The Morgan fingerprint density at radius 1 is 1.43 bits per heavy atom. The number of carbonyl (C=O) groups excluding carboxylic acids is 2. The number of hydrogen-bond donors (Lipinski definition) is 1. The summed E-state index contributed by atoms with van der Waals surface area (Å²) in [5.41, 5.74) is 0.173. The number of hydrogen-bond acceptors (Lipinski definition) is 4. The van der Waals surface area contributed by atoms with Gasteiger partial charge in [-0.3, -0.25) is 9.59 Å². The topological polar surface area (TPSA) is 73.2 Å². The van der Waals surface area contributed by atoms with Gasteiger partial charge in [0, 0.05) is 18.6 Å². The number of nitrogens with zero attached hydrogens (tertiary/aromatic N) is 2. The third-order valence-corrected chi connectivity index (χ3v) is 3.89. The highest BCUT2D eigenvalue weighted by Crippen LogP contribution is 2.26. The van der Waals surface area contributed by atoms with Gasteiger partial charge in [-0.15, -0.1) is 0 Å². The number of aromatic nitrogens is 2. The number of aryl methyl sites for hydroxylation is 1. The minimum atomic E-state index is -0.663. The zero-order valence-electron chi connectivity index (χ0n) is 14.5. The summed E-state index contributed by atoms with van der Waals surface area (Å²) in [4.78, 5) is 24.2. The Morgan fingerprint density at radius 3 is 2.65 bits per heavy atom. The molecular formula is C17H25N3O3. The molecule has 0 radical (unpaired) electrons. The SMILES string of the molecule is CCC(CC)n1nc(C)cc1NC(=O)C1=CC(=O)CC(C)(C)O1. The summed E-state index contributed by atoms with van der Waals surface area (Å²) in [5.74, 6) is 0.164. The number of carbonyl (C=O) groups is 2. The van der Waals surface area contributed by atoms with Gasteiger partial charge >= 0.3 is 0 Å². The minimum Gasteiger partial charge on any atom is -0.481 e. The van der Waals surface area contributed by atoms with Crippen molar-refractivity contribution in [2.24, 2.45) is 0 Å². The summed E-state index contributed by atoms with van der Waals surface area (Å²) in [5, 5.41) is 7.29. The van der Waals surface area contributed by atoms with Crippen LogP contribution < -0.4 is 5.32 Å². The first-order chi connectivity index (χ1) is 10.8. The first-order valence-corrected chi connectivity index (χ1v) is 8.06. The van der Waals surface area contributed by atoms with E-state index in [9.17, 15) is 9.59 Å². The number of ether oxygens (including phenoxy) is 1. The van der Waals surface area contributed by atoms with Gasteiger partial charge in [0.05, 0.1) is 11.7 Å². The molecule has 6 heteroatoms. The zero-order valence-corrected chi connectivity index (χ0v) is 14.5. The Kier molecular flexibility index (Phi) is 4.92. The smallest absolute Gasteiger partial charge is 0.292 e. The van der Waals surface area contributed by atoms with Crippen molar-refractivity contribution >= 4 is 17.5 Å². The van der Waals surface area contributed by atoms with E-state index in [2.05, 4.69) is 24.3 Å². The maximum atomic E-state index is 12.5. The lowest BCUT2D eigenvalue weighted by Crippen LogP contribution is -2.35. The third kappa shape index (κ3) is 4.00. The Morgan fingerprint density at radius 2 is 2.09 bits per heavy atom. The minimum absolute atomic E-state index is 0.0567. The average Bonchev–Trinajstić information content (AvgIpc) is 2.78. The molecule has 0 atom stereocenters. The van der Waals surface area contributed by atoms with Gasteiger partial charge in [0.25, 0.3) is 5.91 Å². The first-order valence-electron chi connectivity index (χ1n) is 8.06. The van der Waals surface area contributed by atoms with Crippen molar-refractivity contribution in [3.8, 4) is 0 Å². The zero-order chi connectivity index (χ0) is 17.2. The van der Waals surface area contributed by atoms with E-state index in [0.717, 1.165) is 18.5 Å². The van der Waals surface area contributed by atoms with Gasteiger partial charge in [-0.25, -0.2) is 4.68 Å². The fraction of sp³-hybridized carbons (Fsp3) is 0.588. The summed E-state index contributed by atoms with van der Waals surface area (Å²) >= 11 is 0. The van der Waals surface area contributed by atoms with E-state index in [-0.39, 0.29) is 24.0 Å². The normalized spacial score (nSPS) is 17.0. The van der Waals surface area contributed by atoms with Crippen molar-refractivity contribution in [2.45, 2.75) is 65.5 Å². The molecule has 0 aromatic carbocycles. The second-order valence-corrected chi connectivity index (χ2v) is 6.55. The molecule has 2 heterocycles. The van der Waals surface area contributed by atoms with Crippen LogP contribution in [0.4, 0.5) is 5.82 Å². The number of amides is 1. The fourth-order valence-corrected chi connectivity index (χ4v) is 2.79. The lowest BCUT2D eigenvalue weighted by Gasteiger charge is -2.29. The molecule has 2 rings (SSSR count). The van der Waals surface area contributed by atoms with E-state index in [1.54, 1.807) is 13.8 Å². The molecule has 1 N–H and O–H groups in total. The van der Waals surface area contributed by atoms with Gasteiger partial charge in [-0.05, 0) is 33.6 Å². The fourth-order valence-electron chi connectivity index (χ4n) is 2.79. The predicted octanol–water partition coefficient (Wildman–Crippen LogP) is 3.14. The summed E-state index contributed by atoms with van der Waals surface area (Å²) in [6, 6.07) is 2.05. The molecule has 0 fully saturated rings. The molecule has 0 spiro atoms. The summed E-state index contributed by atoms with van der Waals surface area (Å²) < 4.78 is 7.47.